The number of hydrogen-bond donors (Lipinski definition) is 1. The van der Waals surface area contributed by atoms with Gasteiger partial charge in [0.1, 0.15) is 6.61 Å². The van der Waals surface area contributed by atoms with E-state index in [-0.39, 0.29) is 30.4 Å². The number of para-hydroxylation sites is 2. The van der Waals surface area contributed by atoms with E-state index in [4.69, 9.17) is 4.74 Å². The minimum Gasteiger partial charge on any atom is -0.444 e. The lowest BCUT2D eigenvalue weighted by molar-refractivity contribution is -0.117. The number of piperidine rings is 1. The number of hydrogen-bond acceptors (Lipinski definition) is 5. The van der Waals surface area contributed by atoms with Crippen LogP contribution in [-0.2, 0) is 16.1 Å². The molecular weight excluding hydrogens is 500 g/mol. The van der Waals surface area contributed by atoms with E-state index < -0.39 is 0 Å². The first kappa shape index (κ1) is 27.5. The third kappa shape index (κ3) is 6.11. The monoisotopic (exact) mass is 534 g/mol. The van der Waals surface area contributed by atoms with E-state index in [1.54, 1.807) is 4.90 Å². The van der Waals surface area contributed by atoms with E-state index in [9.17, 15) is 9.59 Å². The highest BCUT2D eigenvalue weighted by atomic mass is 35.5. The first-order valence-corrected chi connectivity index (χ1v) is 13.0. The number of benzene rings is 3. The Morgan fingerprint density at radius 1 is 0.947 bits per heavy atom. The number of halogens is 1. The van der Waals surface area contributed by atoms with Crippen LogP contribution in [0.4, 0.5) is 27.5 Å². The van der Waals surface area contributed by atoms with E-state index in [1.165, 1.54) is 0 Å². The summed E-state index contributed by atoms with van der Waals surface area (Å²) in [5.41, 5.74) is 4.99. The molecule has 3 aromatic carbocycles. The summed E-state index contributed by atoms with van der Waals surface area (Å²) in [6.07, 6.45) is 1.33. The fourth-order valence-electron chi connectivity index (χ4n) is 5.30. The minimum absolute atomic E-state index is 0. The maximum absolute atomic E-state index is 12.8. The van der Waals surface area contributed by atoms with Crippen LogP contribution in [-0.4, -0.2) is 48.6 Å². The molecule has 2 heterocycles. The van der Waals surface area contributed by atoms with Crippen LogP contribution in [0.5, 0.6) is 0 Å². The topological polar surface area (TPSA) is 65.1 Å². The minimum atomic E-state index is -0.276. The molecule has 1 N–H and O–H groups in total. The van der Waals surface area contributed by atoms with Gasteiger partial charge in [0.05, 0.1) is 12.2 Å². The van der Waals surface area contributed by atoms with Crippen molar-refractivity contribution in [2.45, 2.75) is 45.4 Å². The molecule has 38 heavy (non-hydrogen) atoms. The lowest BCUT2D eigenvalue weighted by Crippen LogP contribution is -2.50. The van der Waals surface area contributed by atoms with Crippen LogP contribution in [0.3, 0.4) is 0 Å². The predicted octanol–water partition coefficient (Wildman–Crippen LogP) is 6.21. The van der Waals surface area contributed by atoms with Crippen LogP contribution >= 0.6 is 12.4 Å². The van der Waals surface area contributed by atoms with Crippen LogP contribution in [0.2, 0.25) is 0 Å². The number of amides is 2. The standard InChI is InChI=1S/C30H34N4O3.ClH/c1-22(2)33(25-9-4-3-5-10-25)26-14-12-24(13-15-26)31-29(35)20-32-18-16-27(17-19-32)34-28-11-7-6-8-23(28)21-37-30(34)36;/h3-15,22,27H,16-21H2,1-2H3,(H,31,35);1H. The molecule has 0 bridgehead atoms. The van der Waals surface area contributed by atoms with Crippen molar-refractivity contribution in [3.05, 3.63) is 84.4 Å². The number of likely N-dealkylation sites (tertiary alicyclic amines) is 1. The summed E-state index contributed by atoms with van der Waals surface area (Å²) in [4.78, 5) is 31.5. The quantitative estimate of drug-likeness (QED) is 0.390. The number of rotatable bonds is 7. The van der Waals surface area contributed by atoms with Crippen molar-refractivity contribution in [3.8, 4) is 0 Å². The third-order valence-electron chi connectivity index (χ3n) is 7.07. The zero-order valence-electron chi connectivity index (χ0n) is 21.9. The fraction of sp³-hybridized carbons (Fsp3) is 0.333. The summed E-state index contributed by atoms with van der Waals surface area (Å²) in [7, 11) is 0. The van der Waals surface area contributed by atoms with Crippen molar-refractivity contribution < 1.29 is 14.3 Å². The number of nitrogens with zero attached hydrogens (tertiary/aromatic N) is 3. The Morgan fingerprint density at radius 3 is 2.26 bits per heavy atom. The number of cyclic esters (lactones) is 1. The Morgan fingerprint density at radius 2 is 1.58 bits per heavy atom. The van der Waals surface area contributed by atoms with Gasteiger partial charge in [0, 0.05) is 47.8 Å². The van der Waals surface area contributed by atoms with Crippen LogP contribution in [0, 0.1) is 0 Å². The zero-order valence-corrected chi connectivity index (χ0v) is 22.7. The highest BCUT2D eigenvalue weighted by Crippen LogP contribution is 2.32. The average molecular weight is 535 g/mol. The molecule has 3 aromatic rings. The smallest absolute Gasteiger partial charge is 0.414 e. The summed E-state index contributed by atoms with van der Waals surface area (Å²) >= 11 is 0. The molecule has 0 atom stereocenters. The van der Waals surface area contributed by atoms with Gasteiger partial charge in [0.15, 0.2) is 0 Å². The van der Waals surface area contributed by atoms with Crippen LogP contribution < -0.4 is 15.1 Å². The SMILES string of the molecule is CC(C)N(c1ccccc1)c1ccc(NC(=O)CN2CCC(N3C(=O)OCc4ccccc43)CC2)cc1.Cl. The van der Waals surface area contributed by atoms with Gasteiger partial charge >= 0.3 is 6.09 Å². The lowest BCUT2D eigenvalue weighted by atomic mass is 10.0. The van der Waals surface area contributed by atoms with Gasteiger partial charge in [-0.2, -0.15) is 0 Å². The number of carbonyl (C=O) groups is 2. The molecule has 2 aliphatic heterocycles. The van der Waals surface area contributed by atoms with Crippen molar-refractivity contribution >= 4 is 47.2 Å². The largest absolute Gasteiger partial charge is 0.444 e. The molecule has 2 aliphatic rings. The number of anilines is 4. The van der Waals surface area contributed by atoms with E-state index in [2.05, 4.69) is 41.1 Å². The molecule has 1 fully saturated rings. The first-order chi connectivity index (χ1) is 18.0. The predicted molar refractivity (Wildman–Crippen MR) is 155 cm³/mol. The summed E-state index contributed by atoms with van der Waals surface area (Å²) in [5, 5.41) is 3.04. The van der Waals surface area contributed by atoms with Gasteiger partial charge in [-0.15, -0.1) is 12.4 Å². The second-order valence-corrected chi connectivity index (χ2v) is 9.95. The molecule has 200 valence electrons. The van der Waals surface area contributed by atoms with Gasteiger partial charge in [-0.1, -0.05) is 36.4 Å². The molecule has 8 heteroatoms. The summed E-state index contributed by atoms with van der Waals surface area (Å²) < 4.78 is 5.40. The molecule has 0 radical (unpaired) electrons. The molecule has 7 nitrogen and oxygen atoms in total. The van der Waals surface area contributed by atoms with Crippen molar-refractivity contribution in [1.82, 2.24) is 4.90 Å². The number of carbonyl (C=O) groups excluding carboxylic acids is 2. The molecule has 2 amide bonds. The summed E-state index contributed by atoms with van der Waals surface area (Å²) in [6, 6.07) is 26.6. The molecule has 5 rings (SSSR count). The Balaban J connectivity index is 0.00000336. The maximum atomic E-state index is 12.8. The van der Waals surface area contributed by atoms with Gasteiger partial charge < -0.3 is 15.0 Å². The van der Waals surface area contributed by atoms with Crippen molar-refractivity contribution in [2.75, 3.05) is 34.8 Å². The van der Waals surface area contributed by atoms with Crippen LogP contribution in [0.1, 0.15) is 32.3 Å². The highest BCUT2D eigenvalue weighted by molar-refractivity contribution is 5.93. The molecule has 0 spiro atoms. The third-order valence-corrected chi connectivity index (χ3v) is 7.07. The maximum Gasteiger partial charge on any atom is 0.414 e. The molecule has 0 unspecified atom stereocenters. The second-order valence-electron chi connectivity index (χ2n) is 9.95. The van der Waals surface area contributed by atoms with Crippen LogP contribution in [0.25, 0.3) is 0 Å². The first-order valence-electron chi connectivity index (χ1n) is 13.0. The molecular formula is C30H35ClN4O3. The van der Waals surface area contributed by atoms with E-state index in [1.807, 2.05) is 66.7 Å². The van der Waals surface area contributed by atoms with E-state index in [0.29, 0.717) is 19.2 Å². The van der Waals surface area contributed by atoms with Gasteiger partial charge in [-0.05, 0) is 69.2 Å². The van der Waals surface area contributed by atoms with Gasteiger partial charge in [-0.25, -0.2) is 4.79 Å². The zero-order chi connectivity index (χ0) is 25.8. The lowest BCUT2D eigenvalue weighted by Gasteiger charge is -2.40. The fourth-order valence-corrected chi connectivity index (χ4v) is 5.30. The summed E-state index contributed by atoms with van der Waals surface area (Å²) in [5.74, 6) is -0.0299. The van der Waals surface area contributed by atoms with Crippen molar-refractivity contribution in [3.63, 3.8) is 0 Å². The van der Waals surface area contributed by atoms with Gasteiger partial charge in [0.25, 0.3) is 0 Å². The van der Waals surface area contributed by atoms with E-state index >= 15 is 0 Å². The van der Waals surface area contributed by atoms with Crippen molar-refractivity contribution in [2.24, 2.45) is 0 Å². The van der Waals surface area contributed by atoms with Crippen molar-refractivity contribution in [1.29, 1.82) is 0 Å². The Hall–Kier alpha value is -3.55. The Kier molecular flexibility index (Phi) is 8.92. The molecule has 0 aliphatic carbocycles. The molecule has 0 saturated carbocycles. The summed E-state index contributed by atoms with van der Waals surface area (Å²) in [6.45, 7) is 6.50. The highest BCUT2D eigenvalue weighted by Gasteiger charge is 2.34. The normalized spacial score (nSPS) is 15.9. The van der Waals surface area contributed by atoms with Gasteiger partial charge in [0.2, 0.25) is 5.91 Å². The molecule has 0 aromatic heterocycles. The number of ether oxygens (including phenoxy) is 1. The number of fused-ring (bicyclic) bond motifs is 1. The Labute approximate surface area is 230 Å². The number of nitrogens with one attached hydrogen (secondary N) is 1. The second kappa shape index (κ2) is 12.3. The average Bonchev–Trinajstić information content (AvgIpc) is 2.91. The van der Waals surface area contributed by atoms with Gasteiger partial charge in [-0.3, -0.25) is 14.6 Å². The Bertz CT molecular complexity index is 1230. The van der Waals surface area contributed by atoms with E-state index in [0.717, 1.165) is 54.2 Å². The van der Waals surface area contributed by atoms with Crippen LogP contribution in [0.15, 0.2) is 78.9 Å². The molecule has 1 saturated heterocycles.